The van der Waals surface area contributed by atoms with Crippen LogP contribution >= 0.6 is 0 Å². The molecule has 4 heteroatoms. The number of urea groups is 1. The van der Waals surface area contributed by atoms with Crippen molar-refractivity contribution >= 4 is 6.03 Å². The van der Waals surface area contributed by atoms with Crippen LogP contribution in [0, 0.1) is 5.92 Å². The lowest BCUT2D eigenvalue weighted by atomic mass is 9.90. The molecule has 0 saturated carbocycles. The van der Waals surface area contributed by atoms with E-state index in [9.17, 15) is 4.79 Å². The SMILES string of the molecule is CCC(C)NC(=O)N1CCC(Cc2ccc(COC)cc2)CC1. The Morgan fingerprint density at radius 3 is 2.43 bits per heavy atom. The van der Waals surface area contributed by atoms with Crippen LogP contribution in [0.25, 0.3) is 0 Å². The van der Waals surface area contributed by atoms with Gasteiger partial charge in [-0.3, -0.25) is 0 Å². The molecule has 0 aromatic heterocycles. The third-order valence-corrected chi connectivity index (χ3v) is 4.74. The van der Waals surface area contributed by atoms with Crippen molar-refractivity contribution in [1.82, 2.24) is 10.2 Å². The van der Waals surface area contributed by atoms with Gasteiger partial charge in [-0.25, -0.2) is 4.79 Å². The maximum Gasteiger partial charge on any atom is 0.317 e. The number of nitrogens with zero attached hydrogens (tertiary/aromatic N) is 1. The first kappa shape index (κ1) is 17.8. The summed E-state index contributed by atoms with van der Waals surface area (Å²) < 4.78 is 5.14. The molecule has 0 spiro atoms. The molecular weight excluding hydrogens is 288 g/mol. The van der Waals surface area contributed by atoms with Crippen LogP contribution in [-0.4, -0.2) is 37.2 Å². The third kappa shape index (κ3) is 5.54. The normalized spacial score (nSPS) is 17.1. The van der Waals surface area contributed by atoms with Crippen LogP contribution < -0.4 is 5.32 Å². The average molecular weight is 318 g/mol. The molecule has 0 bridgehead atoms. The molecule has 1 saturated heterocycles. The highest BCUT2D eigenvalue weighted by Crippen LogP contribution is 2.22. The Morgan fingerprint density at radius 1 is 1.26 bits per heavy atom. The maximum atomic E-state index is 12.1. The Kier molecular flexibility index (Phi) is 6.90. The Balaban J connectivity index is 1.77. The second-order valence-electron chi connectivity index (χ2n) is 6.64. The second kappa shape index (κ2) is 8.92. The largest absolute Gasteiger partial charge is 0.380 e. The van der Waals surface area contributed by atoms with Gasteiger partial charge in [0.15, 0.2) is 0 Å². The van der Waals surface area contributed by atoms with E-state index in [1.165, 1.54) is 11.1 Å². The maximum absolute atomic E-state index is 12.1. The fraction of sp³-hybridized carbons (Fsp3) is 0.632. The van der Waals surface area contributed by atoms with Crippen molar-refractivity contribution in [2.24, 2.45) is 5.92 Å². The number of amides is 2. The predicted octanol–water partition coefficient (Wildman–Crippen LogP) is 3.60. The monoisotopic (exact) mass is 318 g/mol. The van der Waals surface area contributed by atoms with Crippen molar-refractivity contribution in [2.75, 3.05) is 20.2 Å². The number of hydrogen-bond donors (Lipinski definition) is 1. The van der Waals surface area contributed by atoms with E-state index < -0.39 is 0 Å². The molecule has 1 aliphatic heterocycles. The van der Waals surface area contributed by atoms with Crippen molar-refractivity contribution < 1.29 is 9.53 Å². The van der Waals surface area contributed by atoms with Gasteiger partial charge in [0.2, 0.25) is 0 Å². The summed E-state index contributed by atoms with van der Waals surface area (Å²) in [5.74, 6) is 0.677. The van der Waals surface area contributed by atoms with Gasteiger partial charge in [0.1, 0.15) is 0 Å². The molecule has 0 aliphatic carbocycles. The molecule has 1 N–H and O–H groups in total. The number of piperidine rings is 1. The van der Waals surface area contributed by atoms with E-state index in [1.54, 1.807) is 7.11 Å². The lowest BCUT2D eigenvalue weighted by Crippen LogP contribution is -2.47. The number of carbonyl (C=O) groups is 1. The molecule has 1 aromatic carbocycles. The van der Waals surface area contributed by atoms with Crippen LogP contribution in [0.2, 0.25) is 0 Å². The van der Waals surface area contributed by atoms with Crippen LogP contribution in [0.1, 0.15) is 44.2 Å². The molecule has 1 aromatic rings. The summed E-state index contributed by atoms with van der Waals surface area (Å²) in [7, 11) is 1.72. The third-order valence-electron chi connectivity index (χ3n) is 4.74. The molecule has 128 valence electrons. The summed E-state index contributed by atoms with van der Waals surface area (Å²) in [4.78, 5) is 14.1. The van der Waals surface area contributed by atoms with Gasteiger partial charge in [-0.1, -0.05) is 31.2 Å². The standard InChI is InChI=1S/C19H30N2O2/c1-4-15(2)20-19(22)21-11-9-17(10-12-21)13-16-5-7-18(8-6-16)14-23-3/h5-8,15,17H,4,9-14H2,1-3H3,(H,20,22). The minimum atomic E-state index is 0.0988. The second-order valence-corrected chi connectivity index (χ2v) is 6.64. The molecule has 1 heterocycles. The van der Waals surface area contributed by atoms with E-state index in [2.05, 4.69) is 43.4 Å². The zero-order valence-corrected chi connectivity index (χ0v) is 14.7. The zero-order chi connectivity index (χ0) is 16.7. The highest BCUT2D eigenvalue weighted by molar-refractivity contribution is 5.74. The van der Waals surface area contributed by atoms with E-state index in [1.807, 2.05) is 4.90 Å². The quantitative estimate of drug-likeness (QED) is 0.871. The lowest BCUT2D eigenvalue weighted by molar-refractivity contribution is 0.167. The van der Waals surface area contributed by atoms with Crippen molar-refractivity contribution in [2.45, 2.75) is 52.2 Å². The zero-order valence-electron chi connectivity index (χ0n) is 14.7. The van der Waals surface area contributed by atoms with E-state index in [0.29, 0.717) is 12.5 Å². The highest BCUT2D eigenvalue weighted by atomic mass is 16.5. The van der Waals surface area contributed by atoms with Gasteiger partial charge >= 0.3 is 6.03 Å². The Hall–Kier alpha value is -1.55. The molecule has 1 unspecified atom stereocenters. The molecule has 2 amide bonds. The number of benzene rings is 1. The highest BCUT2D eigenvalue weighted by Gasteiger charge is 2.23. The number of rotatable bonds is 6. The number of hydrogen-bond acceptors (Lipinski definition) is 2. The van der Waals surface area contributed by atoms with Crippen molar-refractivity contribution in [3.05, 3.63) is 35.4 Å². The molecule has 1 fully saturated rings. The van der Waals surface area contributed by atoms with Crippen LogP contribution in [0.15, 0.2) is 24.3 Å². The first-order chi connectivity index (χ1) is 11.1. The first-order valence-corrected chi connectivity index (χ1v) is 8.74. The van der Waals surface area contributed by atoms with Crippen LogP contribution in [0.4, 0.5) is 4.79 Å². The predicted molar refractivity (Wildman–Crippen MR) is 93.4 cm³/mol. The summed E-state index contributed by atoms with van der Waals surface area (Å²) in [5, 5.41) is 3.06. The number of nitrogens with one attached hydrogen (secondary N) is 1. The van der Waals surface area contributed by atoms with Crippen LogP contribution in [0.5, 0.6) is 0 Å². The minimum absolute atomic E-state index is 0.0988. The molecule has 4 nitrogen and oxygen atoms in total. The molecule has 2 rings (SSSR count). The fourth-order valence-corrected chi connectivity index (χ4v) is 3.02. The van der Waals surface area contributed by atoms with Gasteiger partial charge in [0.25, 0.3) is 0 Å². The molecule has 23 heavy (non-hydrogen) atoms. The number of methoxy groups -OCH3 is 1. The molecule has 0 radical (unpaired) electrons. The Labute approximate surface area is 140 Å². The van der Waals surface area contributed by atoms with Gasteiger partial charge in [-0.15, -0.1) is 0 Å². The molecule has 1 atom stereocenters. The van der Waals surface area contributed by atoms with Crippen molar-refractivity contribution in [3.63, 3.8) is 0 Å². The Bertz CT molecular complexity index is 479. The lowest BCUT2D eigenvalue weighted by Gasteiger charge is -2.33. The topological polar surface area (TPSA) is 41.6 Å². The number of carbonyl (C=O) groups excluding carboxylic acids is 1. The summed E-state index contributed by atoms with van der Waals surface area (Å²) in [6.07, 6.45) is 4.26. The molecule has 1 aliphatic rings. The van der Waals surface area contributed by atoms with Gasteiger partial charge in [0, 0.05) is 26.2 Å². The van der Waals surface area contributed by atoms with Crippen molar-refractivity contribution in [1.29, 1.82) is 0 Å². The Morgan fingerprint density at radius 2 is 1.87 bits per heavy atom. The van der Waals surface area contributed by atoms with Crippen LogP contribution in [-0.2, 0) is 17.8 Å². The number of likely N-dealkylation sites (tertiary alicyclic amines) is 1. The van der Waals surface area contributed by atoms with Crippen LogP contribution in [0.3, 0.4) is 0 Å². The van der Waals surface area contributed by atoms with E-state index in [4.69, 9.17) is 4.74 Å². The smallest absolute Gasteiger partial charge is 0.317 e. The van der Waals surface area contributed by atoms with E-state index in [-0.39, 0.29) is 12.1 Å². The summed E-state index contributed by atoms with van der Waals surface area (Å²) >= 11 is 0. The molecular formula is C19H30N2O2. The van der Waals surface area contributed by atoms with Gasteiger partial charge < -0.3 is 15.0 Å². The summed E-state index contributed by atoms with van der Waals surface area (Å²) in [5.41, 5.74) is 2.60. The van der Waals surface area contributed by atoms with Gasteiger partial charge in [-0.2, -0.15) is 0 Å². The van der Waals surface area contributed by atoms with E-state index in [0.717, 1.165) is 38.8 Å². The fourth-order valence-electron chi connectivity index (χ4n) is 3.02. The average Bonchev–Trinajstić information content (AvgIpc) is 2.57. The minimum Gasteiger partial charge on any atom is -0.380 e. The van der Waals surface area contributed by atoms with Crippen molar-refractivity contribution in [3.8, 4) is 0 Å². The summed E-state index contributed by atoms with van der Waals surface area (Å²) in [6, 6.07) is 9.06. The summed E-state index contributed by atoms with van der Waals surface area (Å²) in [6.45, 7) is 6.56. The van der Waals surface area contributed by atoms with Gasteiger partial charge in [-0.05, 0) is 49.7 Å². The first-order valence-electron chi connectivity index (χ1n) is 8.74. The van der Waals surface area contributed by atoms with E-state index >= 15 is 0 Å². The number of ether oxygens (including phenoxy) is 1. The van der Waals surface area contributed by atoms with Gasteiger partial charge in [0.05, 0.1) is 6.61 Å².